The van der Waals surface area contributed by atoms with Gasteiger partial charge in [-0.25, -0.2) is 4.98 Å². The number of nitrogens with one attached hydrogen (secondary N) is 1. The van der Waals surface area contributed by atoms with Gasteiger partial charge in [-0.15, -0.1) is 0 Å². The molecular weight excluding hydrogens is 344 g/mol. The quantitative estimate of drug-likeness (QED) is 0.734. The average molecular weight is 372 g/mol. The van der Waals surface area contributed by atoms with Gasteiger partial charge in [-0.2, -0.15) is 0 Å². The highest BCUT2D eigenvalue weighted by atomic mass is 16.3. The number of carbonyl (C=O) groups excluding carboxylic acids is 1. The summed E-state index contributed by atoms with van der Waals surface area (Å²) in [5, 5.41) is 13.2. The van der Waals surface area contributed by atoms with E-state index in [2.05, 4.69) is 20.1 Å². The SMILES string of the molecule is CCCNC(=O)c1coc(CN2CCN(C[C@H](O)c3ccccc3)CC2)n1. The van der Waals surface area contributed by atoms with Crippen LogP contribution >= 0.6 is 0 Å². The van der Waals surface area contributed by atoms with Gasteiger partial charge in [0.1, 0.15) is 6.26 Å². The normalized spacial score (nSPS) is 17.0. The number of rotatable bonds is 8. The van der Waals surface area contributed by atoms with Crippen LogP contribution in [0.4, 0.5) is 0 Å². The Kier molecular flexibility index (Phi) is 6.98. The van der Waals surface area contributed by atoms with Gasteiger partial charge in [-0.05, 0) is 12.0 Å². The van der Waals surface area contributed by atoms with Gasteiger partial charge in [0.15, 0.2) is 5.69 Å². The minimum Gasteiger partial charge on any atom is -0.447 e. The zero-order valence-corrected chi connectivity index (χ0v) is 15.8. The van der Waals surface area contributed by atoms with Gasteiger partial charge < -0.3 is 14.8 Å². The Hall–Kier alpha value is -2.22. The molecule has 1 aliphatic heterocycles. The van der Waals surface area contributed by atoms with Crippen LogP contribution in [0.2, 0.25) is 0 Å². The van der Waals surface area contributed by atoms with Crippen molar-refractivity contribution in [1.82, 2.24) is 20.1 Å². The molecule has 146 valence electrons. The van der Waals surface area contributed by atoms with Crippen molar-refractivity contribution < 1.29 is 14.3 Å². The molecule has 1 aromatic heterocycles. The molecule has 3 rings (SSSR count). The van der Waals surface area contributed by atoms with E-state index in [4.69, 9.17) is 4.42 Å². The van der Waals surface area contributed by atoms with E-state index in [1.807, 2.05) is 37.3 Å². The number of benzene rings is 1. The van der Waals surface area contributed by atoms with Gasteiger partial charge in [0.05, 0.1) is 12.6 Å². The first-order valence-corrected chi connectivity index (χ1v) is 9.56. The highest BCUT2D eigenvalue weighted by Crippen LogP contribution is 2.16. The summed E-state index contributed by atoms with van der Waals surface area (Å²) in [6.07, 6.45) is 1.85. The van der Waals surface area contributed by atoms with Crippen LogP contribution in [0, 0.1) is 0 Å². The number of amides is 1. The summed E-state index contributed by atoms with van der Waals surface area (Å²) in [6, 6.07) is 9.76. The maximum atomic E-state index is 11.9. The van der Waals surface area contributed by atoms with Crippen molar-refractivity contribution in [3.8, 4) is 0 Å². The summed E-state index contributed by atoms with van der Waals surface area (Å²) in [5.41, 5.74) is 1.29. The van der Waals surface area contributed by atoms with Crippen LogP contribution in [0.25, 0.3) is 0 Å². The lowest BCUT2D eigenvalue weighted by Gasteiger charge is -2.35. The lowest BCUT2D eigenvalue weighted by atomic mass is 10.1. The van der Waals surface area contributed by atoms with Crippen LogP contribution in [-0.2, 0) is 6.54 Å². The van der Waals surface area contributed by atoms with Gasteiger partial charge in [0.2, 0.25) is 5.89 Å². The molecule has 1 aliphatic rings. The standard InChI is InChI=1S/C20H28N4O3/c1-2-8-21-20(26)17-15-27-19(22-17)14-24-11-9-23(10-12-24)13-18(25)16-6-4-3-5-7-16/h3-7,15,18,25H,2,8-14H2,1H3,(H,21,26)/t18-/m0/s1. The zero-order chi connectivity index (χ0) is 19.1. The van der Waals surface area contributed by atoms with Crippen LogP contribution < -0.4 is 5.32 Å². The fraction of sp³-hybridized carbons (Fsp3) is 0.500. The predicted octanol–water partition coefficient (Wildman–Crippen LogP) is 1.67. The van der Waals surface area contributed by atoms with E-state index in [1.54, 1.807) is 0 Å². The van der Waals surface area contributed by atoms with E-state index in [1.165, 1.54) is 6.26 Å². The smallest absolute Gasteiger partial charge is 0.273 e. The summed E-state index contributed by atoms with van der Waals surface area (Å²) in [5.74, 6) is 0.376. The molecule has 0 aliphatic carbocycles. The van der Waals surface area contributed by atoms with Gasteiger partial charge in [0.25, 0.3) is 5.91 Å². The Labute approximate surface area is 160 Å². The molecule has 0 radical (unpaired) electrons. The Balaban J connectivity index is 1.43. The molecule has 1 amide bonds. The van der Waals surface area contributed by atoms with Gasteiger partial charge in [0, 0.05) is 39.3 Å². The number of oxazole rings is 1. The third-order valence-corrected chi connectivity index (χ3v) is 4.76. The third-order valence-electron chi connectivity index (χ3n) is 4.76. The van der Waals surface area contributed by atoms with E-state index in [0.717, 1.165) is 38.2 Å². The molecule has 1 aromatic carbocycles. The van der Waals surface area contributed by atoms with E-state index in [0.29, 0.717) is 31.2 Å². The van der Waals surface area contributed by atoms with Crippen LogP contribution in [0.15, 0.2) is 41.0 Å². The number of hydrogen-bond donors (Lipinski definition) is 2. The minimum absolute atomic E-state index is 0.188. The van der Waals surface area contributed by atoms with Crippen molar-refractivity contribution in [2.75, 3.05) is 39.3 Å². The van der Waals surface area contributed by atoms with Crippen molar-refractivity contribution in [3.63, 3.8) is 0 Å². The van der Waals surface area contributed by atoms with Crippen molar-refractivity contribution >= 4 is 5.91 Å². The van der Waals surface area contributed by atoms with Crippen molar-refractivity contribution in [1.29, 1.82) is 0 Å². The van der Waals surface area contributed by atoms with Crippen molar-refractivity contribution in [2.24, 2.45) is 0 Å². The second-order valence-corrected chi connectivity index (χ2v) is 6.89. The number of carbonyl (C=O) groups is 1. The molecule has 1 atom stereocenters. The average Bonchev–Trinajstić information content (AvgIpc) is 3.17. The van der Waals surface area contributed by atoms with Crippen LogP contribution in [0.3, 0.4) is 0 Å². The third kappa shape index (κ3) is 5.63. The first kappa shape index (κ1) is 19.5. The first-order chi connectivity index (χ1) is 13.2. The lowest BCUT2D eigenvalue weighted by Crippen LogP contribution is -2.47. The summed E-state index contributed by atoms with van der Waals surface area (Å²) < 4.78 is 5.45. The molecule has 0 spiro atoms. The number of hydrogen-bond acceptors (Lipinski definition) is 6. The molecule has 2 heterocycles. The second-order valence-electron chi connectivity index (χ2n) is 6.89. The van der Waals surface area contributed by atoms with E-state index in [9.17, 15) is 9.90 Å². The first-order valence-electron chi connectivity index (χ1n) is 9.56. The molecule has 1 saturated heterocycles. The second kappa shape index (κ2) is 9.64. The summed E-state index contributed by atoms with van der Waals surface area (Å²) in [7, 11) is 0. The fourth-order valence-electron chi connectivity index (χ4n) is 3.16. The summed E-state index contributed by atoms with van der Waals surface area (Å²) >= 11 is 0. The van der Waals surface area contributed by atoms with E-state index in [-0.39, 0.29) is 5.91 Å². The molecule has 2 N–H and O–H groups in total. The largest absolute Gasteiger partial charge is 0.447 e. The zero-order valence-electron chi connectivity index (χ0n) is 15.8. The molecule has 0 saturated carbocycles. The van der Waals surface area contributed by atoms with Crippen LogP contribution in [0.5, 0.6) is 0 Å². The number of β-amino-alcohol motifs (C(OH)–C–C–N with tert-alkyl or cyclic N) is 1. The number of nitrogens with zero attached hydrogens (tertiary/aromatic N) is 3. The summed E-state index contributed by atoms with van der Waals surface area (Å²) in [4.78, 5) is 20.7. The molecular formula is C20H28N4O3. The number of piperazine rings is 1. The van der Waals surface area contributed by atoms with Crippen molar-refractivity contribution in [3.05, 3.63) is 53.7 Å². The Morgan fingerprint density at radius 2 is 1.93 bits per heavy atom. The molecule has 7 heteroatoms. The molecule has 2 aromatic rings. The molecule has 7 nitrogen and oxygen atoms in total. The maximum Gasteiger partial charge on any atom is 0.273 e. The molecule has 0 bridgehead atoms. The van der Waals surface area contributed by atoms with Crippen LogP contribution in [0.1, 0.15) is 41.4 Å². The molecule has 27 heavy (non-hydrogen) atoms. The lowest BCUT2D eigenvalue weighted by molar-refractivity contribution is 0.0671. The Bertz CT molecular complexity index is 711. The summed E-state index contributed by atoms with van der Waals surface area (Å²) in [6.45, 7) is 7.39. The Morgan fingerprint density at radius 3 is 2.63 bits per heavy atom. The molecule has 0 unspecified atom stereocenters. The maximum absolute atomic E-state index is 11.9. The minimum atomic E-state index is -0.464. The Morgan fingerprint density at radius 1 is 1.22 bits per heavy atom. The number of aromatic nitrogens is 1. The van der Waals surface area contributed by atoms with Crippen LogP contribution in [-0.4, -0.2) is 65.1 Å². The highest BCUT2D eigenvalue weighted by Gasteiger charge is 2.21. The van der Waals surface area contributed by atoms with E-state index < -0.39 is 6.10 Å². The number of aliphatic hydroxyl groups excluding tert-OH is 1. The van der Waals surface area contributed by atoms with Gasteiger partial charge in [-0.1, -0.05) is 37.3 Å². The van der Waals surface area contributed by atoms with Gasteiger partial charge >= 0.3 is 0 Å². The van der Waals surface area contributed by atoms with Crippen molar-refractivity contribution in [2.45, 2.75) is 26.0 Å². The predicted molar refractivity (Wildman–Crippen MR) is 102 cm³/mol. The molecule has 1 fully saturated rings. The number of aliphatic hydroxyl groups is 1. The monoisotopic (exact) mass is 372 g/mol. The van der Waals surface area contributed by atoms with E-state index >= 15 is 0 Å². The fourth-order valence-corrected chi connectivity index (χ4v) is 3.16. The topological polar surface area (TPSA) is 81.8 Å². The highest BCUT2D eigenvalue weighted by molar-refractivity contribution is 5.91. The van der Waals surface area contributed by atoms with Gasteiger partial charge in [-0.3, -0.25) is 14.6 Å².